The molecule has 0 spiro atoms. The normalized spacial score (nSPS) is 17.6. The summed E-state index contributed by atoms with van der Waals surface area (Å²) in [6.45, 7) is 6.38. The molecule has 1 saturated heterocycles. The second-order valence-corrected chi connectivity index (χ2v) is 10.0. The van der Waals surface area contributed by atoms with Crippen LogP contribution in [0, 0.1) is 13.8 Å². The van der Waals surface area contributed by atoms with Gasteiger partial charge < -0.3 is 14.8 Å². The first-order valence-electron chi connectivity index (χ1n) is 11.6. The molecular formula is C28H26Cl2N4S. The average molecular weight is 522 g/mol. The first-order chi connectivity index (χ1) is 16.9. The number of halogens is 2. The summed E-state index contributed by atoms with van der Waals surface area (Å²) >= 11 is 18.7. The van der Waals surface area contributed by atoms with Gasteiger partial charge in [0.1, 0.15) is 0 Å². The molecule has 2 aromatic carbocycles. The molecule has 0 aliphatic carbocycles. The van der Waals surface area contributed by atoms with Crippen molar-refractivity contribution in [2.75, 3.05) is 4.90 Å². The molecule has 35 heavy (non-hydrogen) atoms. The Morgan fingerprint density at radius 2 is 1.77 bits per heavy atom. The zero-order chi connectivity index (χ0) is 24.7. The van der Waals surface area contributed by atoms with E-state index in [0.29, 0.717) is 15.2 Å². The van der Waals surface area contributed by atoms with Crippen LogP contribution in [0.1, 0.15) is 47.2 Å². The molecule has 1 fully saturated rings. The lowest BCUT2D eigenvalue weighted by molar-refractivity contribution is 0.565. The maximum atomic E-state index is 6.62. The lowest BCUT2D eigenvalue weighted by atomic mass is 9.96. The molecule has 178 valence electrons. The predicted octanol–water partition coefficient (Wildman–Crippen LogP) is 7.54. The summed E-state index contributed by atoms with van der Waals surface area (Å²) in [6.07, 6.45) is 2.82. The van der Waals surface area contributed by atoms with Crippen molar-refractivity contribution in [2.45, 2.75) is 39.3 Å². The fourth-order valence-electron chi connectivity index (χ4n) is 4.96. The van der Waals surface area contributed by atoms with Crippen molar-refractivity contribution in [3.8, 4) is 5.69 Å². The molecule has 2 aromatic heterocycles. The van der Waals surface area contributed by atoms with Gasteiger partial charge >= 0.3 is 0 Å². The van der Waals surface area contributed by atoms with Gasteiger partial charge in [0.05, 0.1) is 28.5 Å². The number of benzene rings is 2. The third-order valence-corrected chi connectivity index (χ3v) is 7.51. The molecule has 0 unspecified atom stereocenters. The van der Waals surface area contributed by atoms with E-state index in [1.54, 1.807) is 6.07 Å². The number of hydrogen-bond acceptors (Lipinski definition) is 2. The van der Waals surface area contributed by atoms with Gasteiger partial charge in [-0.2, -0.15) is 0 Å². The van der Waals surface area contributed by atoms with E-state index in [9.17, 15) is 0 Å². The number of pyridine rings is 1. The molecule has 2 atom stereocenters. The topological polar surface area (TPSA) is 33.1 Å². The van der Waals surface area contributed by atoms with E-state index < -0.39 is 0 Å². The second-order valence-electron chi connectivity index (χ2n) is 8.77. The molecule has 4 nitrogen and oxygen atoms in total. The smallest absolute Gasteiger partial charge is 0.174 e. The first kappa shape index (κ1) is 23.9. The van der Waals surface area contributed by atoms with Crippen molar-refractivity contribution >= 4 is 46.2 Å². The van der Waals surface area contributed by atoms with Gasteiger partial charge in [0.15, 0.2) is 5.11 Å². The Hall–Kier alpha value is -2.86. The van der Waals surface area contributed by atoms with Gasteiger partial charge in [-0.05, 0) is 92.1 Å². The molecule has 0 saturated carbocycles. The van der Waals surface area contributed by atoms with Crippen LogP contribution in [-0.2, 0) is 6.42 Å². The van der Waals surface area contributed by atoms with Crippen molar-refractivity contribution in [2.24, 2.45) is 0 Å². The Kier molecular flexibility index (Phi) is 6.58. The largest absolute Gasteiger partial charge is 0.351 e. The van der Waals surface area contributed by atoms with Gasteiger partial charge in [-0.15, -0.1) is 0 Å². The number of hydrogen-bond donors (Lipinski definition) is 1. The SMILES string of the molecule is CCc1ccc(N2C(=S)N[C@@H](c3ccccn3)[C@@H]2c2cc(C)n(-c3ccc(Cl)cc3Cl)c2C)cc1. The first-order valence-corrected chi connectivity index (χ1v) is 12.8. The molecule has 5 rings (SSSR count). The van der Waals surface area contributed by atoms with Gasteiger partial charge in [-0.25, -0.2) is 0 Å². The highest BCUT2D eigenvalue weighted by atomic mass is 35.5. The van der Waals surface area contributed by atoms with Crippen LogP contribution >= 0.6 is 35.4 Å². The molecule has 0 radical (unpaired) electrons. The molecule has 1 N–H and O–H groups in total. The van der Waals surface area contributed by atoms with Gasteiger partial charge in [-0.3, -0.25) is 4.98 Å². The highest BCUT2D eigenvalue weighted by molar-refractivity contribution is 7.80. The van der Waals surface area contributed by atoms with Crippen LogP contribution in [0.4, 0.5) is 5.69 Å². The van der Waals surface area contributed by atoms with Crippen LogP contribution in [0.25, 0.3) is 5.69 Å². The number of thiocarbonyl (C=S) groups is 1. The zero-order valence-corrected chi connectivity index (χ0v) is 22.1. The monoisotopic (exact) mass is 520 g/mol. The number of aryl methyl sites for hydroxylation is 2. The van der Waals surface area contributed by atoms with E-state index in [0.717, 1.165) is 40.4 Å². The van der Waals surface area contributed by atoms with E-state index in [2.05, 4.69) is 70.9 Å². The van der Waals surface area contributed by atoms with Gasteiger partial charge in [-0.1, -0.05) is 48.3 Å². The number of anilines is 1. The predicted molar refractivity (Wildman–Crippen MR) is 149 cm³/mol. The van der Waals surface area contributed by atoms with Crippen LogP contribution in [-0.4, -0.2) is 14.7 Å². The molecule has 1 aliphatic rings. The minimum atomic E-state index is -0.107. The third kappa shape index (κ3) is 4.33. The Balaban J connectivity index is 1.67. The third-order valence-electron chi connectivity index (χ3n) is 6.66. The van der Waals surface area contributed by atoms with Crippen molar-refractivity contribution in [3.05, 3.63) is 111 Å². The lowest BCUT2D eigenvalue weighted by Crippen LogP contribution is -2.29. The highest BCUT2D eigenvalue weighted by Crippen LogP contribution is 2.44. The maximum absolute atomic E-state index is 6.62. The fourth-order valence-corrected chi connectivity index (χ4v) is 5.80. The summed E-state index contributed by atoms with van der Waals surface area (Å²) in [5.74, 6) is 0. The summed E-state index contributed by atoms with van der Waals surface area (Å²) in [6, 6.07) is 22.3. The van der Waals surface area contributed by atoms with Crippen LogP contribution in [0.5, 0.6) is 0 Å². The van der Waals surface area contributed by atoms with Crippen LogP contribution in [0.3, 0.4) is 0 Å². The zero-order valence-electron chi connectivity index (χ0n) is 19.8. The summed E-state index contributed by atoms with van der Waals surface area (Å²) < 4.78 is 2.18. The number of aromatic nitrogens is 2. The summed E-state index contributed by atoms with van der Waals surface area (Å²) in [5, 5.41) is 5.46. The molecular weight excluding hydrogens is 495 g/mol. The van der Waals surface area contributed by atoms with Crippen molar-refractivity contribution < 1.29 is 0 Å². The Labute approximate surface area is 221 Å². The fraction of sp³-hybridized carbons (Fsp3) is 0.214. The van der Waals surface area contributed by atoms with E-state index in [-0.39, 0.29) is 12.1 Å². The van der Waals surface area contributed by atoms with Gasteiger partial charge in [0.25, 0.3) is 0 Å². The lowest BCUT2D eigenvalue weighted by Gasteiger charge is -2.28. The van der Waals surface area contributed by atoms with Crippen molar-refractivity contribution in [3.63, 3.8) is 0 Å². The van der Waals surface area contributed by atoms with Crippen LogP contribution < -0.4 is 10.2 Å². The van der Waals surface area contributed by atoms with Crippen LogP contribution in [0.15, 0.2) is 72.9 Å². The Morgan fingerprint density at radius 3 is 2.43 bits per heavy atom. The molecule has 7 heteroatoms. The van der Waals surface area contributed by atoms with E-state index in [1.807, 2.05) is 36.5 Å². The standard InChI is InChI=1S/C28H26Cl2N4S/c1-4-19-8-11-21(12-9-19)34-27(26(32-28(34)35)24-7-5-6-14-31-24)22-15-17(2)33(18(22)3)25-13-10-20(29)16-23(25)30/h5-16,26-27H,4H2,1-3H3,(H,32,35)/t26-,27-/m0/s1. The quantitative estimate of drug-likeness (QED) is 0.275. The van der Waals surface area contributed by atoms with Crippen molar-refractivity contribution in [1.29, 1.82) is 0 Å². The highest BCUT2D eigenvalue weighted by Gasteiger charge is 2.42. The molecule has 4 aromatic rings. The van der Waals surface area contributed by atoms with Crippen LogP contribution in [0.2, 0.25) is 10.0 Å². The molecule has 3 heterocycles. The number of rotatable bonds is 5. The minimum Gasteiger partial charge on any atom is -0.351 e. The summed E-state index contributed by atoms with van der Waals surface area (Å²) in [5.41, 5.74) is 7.54. The minimum absolute atomic E-state index is 0.0871. The van der Waals surface area contributed by atoms with E-state index in [1.165, 1.54) is 5.56 Å². The van der Waals surface area contributed by atoms with E-state index >= 15 is 0 Å². The molecule has 0 amide bonds. The van der Waals surface area contributed by atoms with Gasteiger partial charge in [0.2, 0.25) is 0 Å². The average Bonchev–Trinajstić information content (AvgIpc) is 3.35. The molecule has 0 bridgehead atoms. The Morgan fingerprint density at radius 1 is 1.00 bits per heavy atom. The van der Waals surface area contributed by atoms with Crippen molar-refractivity contribution in [1.82, 2.24) is 14.9 Å². The Bertz CT molecular complexity index is 1380. The summed E-state index contributed by atoms with van der Waals surface area (Å²) in [4.78, 5) is 6.89. The van der Waals surface area contributed by atoms with Gasteiger partial charge in [0, 0.05) is 28.3 Å². The summed E-state index contributed by atoms with van der Waals surface area (Å²) in [7, 11) is 0. The molecule has 1 aliphatic heterocycles. The number of nitrogens with zero attached hydrogens (tertiary/aromatic N) is 3. The number of nitrogens with one attached hydrogen (secondary N) is 1. The maximum Gasteiger partial charge on any atom is 0.174 e. The van der Waals surface area contributed by atoms with E-state index in [4.69, 9.17) is 35.4 Å². The second kappa shape index (κ2) is 9.65.